The number of likely N-dealkylation sites (tertiary alicyclic amines) is 2. The first-order valence-electron chi connectivity index (χ1n) is 20.4. The van der Waals surface area contributed by atoms with E-state index in [0.717, 1.165) is 75.6 Å². The summed E-state index contributed by atoms with van der Waals surface area (Å²) in [5.74, 6) is -0.436. The molecule has 6 aliphatic rings. The first kappa shape index (κ1) is 38.4. The number of ketones is 1. The maximum Gasteiger partial charge on any atom is 0.306 e. The molecule has 54 heavy (non-hydrogen) atoms. The predicted octanol–water partition coefficient (Wildman–Crippen LogP) is 5.61. The second kappa shape index (κ2) is 16.0. The molecule has 3 unspecified atom stereocenters. The smallest absolute Gasteiger partial charge is 0.306 e. The summed E-state index contributed by atoms with van der Waals surface area (Å²) in [5, 5.41) is 9.32. The number of benzene rings is 1. The Hall–Kier alpha value is -3.92. The number of fused-ring (bicyclic) bond motifs is 2. The lowest BCUT2D eigenvalue weighted by atomic mass is 9.88. The molecule has 10 nitrogen and oxygen atoms in total. The molecule has 7 rings (SSSR count). The minimum atomic E-state index is -0.521. The van der Waals surface area contributed by atoms with Gasteiger partial charge in [-0.25, -0.2) is 0 Å². The first-order chi connectivity index (χ1) is 25.9. The largest absolute Gasteiger partial charge is 0.469 e. The topological polar surface area (TPSA) is 129 Å². The van der Waals surface area contributed by atoms with Crippen LogP contribution in [0.15, 0.2) is 45.7 Å². The molecule has 1 N–H and O–H groups in total. The maximum absolute atomic E-state index is 13.7. The molecule has 1 aromatic carbocycles. The number of esters is 1. The summed E-state index contributed by atoms with van der Waals surface area (Å²) >= 11 is 0. The zero-order valence-corrected chi connectivity index (χ0v) is 32.8. The zero-order chi connectivity index (χ0) is 38.3. The molecule has 0 bridgehead atoms. The molecule has 0 spiro atoms. The van der Waals surface area contributed by atoms with Gasteiger partial charge < -0.3 is 19.6 Å². The fourth-order valence-electron chi connectivity index (χ4n) is 10.1. The number of rotatable bonds is 13. The standard InChI is InChI=1S/C44H58N4O6/c1-25(2)36(20-35(50)24-49)43(52)47-10-6-8-40(47)38-18-33(22-45-38)31-14-27-12-29-16-32(17-30(29)13-28(27)15-31)34-19-39(46-23-34)41-9-7-11-48(41)44(53)37(26(3)4)21-42(51)54-5/h12-13,22-23,25-26,31-32,36-37,40-41,49H,6-11,14-21,24H2,1-5H3/t31?,32?,36?,37-,40?,41?/m0/s1. The van der Waals surface area contributed by atoms with Gasteiger partial charge in [0.05, 0.1) is 31.5 Å². The van der Waals surface area contributed by atoms with Crippen LogP contribution in [0.3, 0.4) is 0 Å². The van der Waals surface area contributed by atoms with E-state index in [1.165, 1.54) is 40.5 Å². The first-order valence-corrected chi connectivity index (χ1v) is 20.4. The molecule has 2 fully saturated rings. The summed E-state index contributed by atoms with van der Waals surface area (Å²) in [5.41, 5.74) is 10.7. The summed E-state index contributed by atoms with van der Waals surface area (Å²) in [7, 11) is 1.38. The molecule has 4 atom stereocenters. The number of methoxy groups -OCH3 is 1. The molecule has 0 aromatic heterocycles. The minimum absolute atomic E-state index is 0.000718. The molecule has 290 valence electrons. The van der Waals surface area contributed by atoms with Gasteiger partial charge in [0.25, 0.3) is 0 Å². The van der Waals surface area contributed by atoms with E-state index >= 15 is 0 Å². The highest BCUT2D eigenvalue weighted by Crippen LogP contribution is 2.42. The van der Waals surface area contributed by atoms with Crippen molar-refractivity contribution in [2.45, 2.75) is 117 Å². The van der Waals surface area contributed by atoms with Gasteiger partial charge in [-0.1, -0.05) is 39.8 Å². The maximum atomic E-state index is 13.7. The van der Waals surface area contributed by atoms with E-state index in [4.69, 9.17) is 14.7 Å². The average Bonchev–Trinajstić information content (AvgIpc) is 4.00. The highest BCUT2D eigenvalue weighted by molar-refractivity contribution is 5.99. The van der Waals surface area contributed by atoms with Crippen molar-refractivity contribution in [3.8, 4) is 0 Å². The molecule has 2 saturated heterocycles. The van der Waals surface area contributed by atoms with Gasteiger partial charge in [-0.05, 0) is 108 Å². The lowest BCUT2D eigenvalue weighted by Gasteiger charge is -2.30. The van der Waals surface area contributed by atoms with Crippen LogP contribution in [0.1, 0.15) is 101 Å². The van der Waals surface area contributed by atoms with Crippen LogP contribution in [-0.2, 0) is 49.6 Å². The van der Waals surface area contributed by atoms with Crippen LogP contribution in [0, 0.1) is 35.5 Å². The fourth-order valence-corrected chi connectivity index (χ4v) is 10.1. The molecule has 2 amide bonds. The van der Waals surface area contributed by atoms with Crippen molar-refractivity contribution in [3.05, 3.63) is 57.9 Å². The lowest BCUT2D eigenvalue weighted by molar-refractivity contribution is -0.148. The van der Waals surface area contributed by atoms with E-state index in [0.29, 0.717) is 24.9 Å². The highest BCUT2D eigenvalue weighted by Gasteiger charge is 2.41. The SMILES string of the molecule is COC(=O)C[C@H](C(=O)N1CCCC1C1=NC=C(C2Cc3cc4c(cc3C2)CC(C2=CN=C(C3CCCN3C(=O)C(CC(=O)CO)C(C)C)C2)C4)C1)C(C)C. The summed E-state index contributed by atoms with van der Waals surface area (Å²) in [4.78, 5) is 65.3. The van der Waals surface area contributed by atoms with Crippen LogP contribution in [0.25, 0.3) is 0 Å². The van der Waals surface area contributed by atoms with Crippen LogP contribution in [-0.4, -0.2) is 88.8 Å². The number of Topliss-reactive ketones (excluding diaryl/α,β-unsaturated/α-hetero) is 1. The Morgan fingerprint density at radius 1 is 0.722 bits per heavy atom. The van der Waals surface area contributed by atoms with Crippen LogP contribution in [0.2, 0.25) is 0 Å². The predicted molar refractivity (Wildman–Crippen MR) is 208 cm³/mol. The number of hydrogen-bond acceptors (Lipinski definition) is 8. The molecule has 10 heteroatoms. The van der Waals surface area contributed by atoms with Gasteiger partial charge in [0, 0.05) is 62.1 Å². The van der Waals surface area contributed by atoms with Crippen molar-refractivity contribution in [1.29, 1.82) is 0 Å². The number of carbonyl (C=O) groups is 4. The van der Waals surface area contributed by atoms with E-state index in [1.54, 1.807) is 0 Å². The molecule has 4 heterocycles. The van der Waals surface area contributed by atoms with E-state index in [2.05, 4.69) is 24.5 Å². The van der Waals surface area contributed by atoms with Crippen LogP contribution in [0.5, 0.6) is 0 Å². The van der Waals surface area contributed by atoms with Gasteiger partial charge >= 0.3 is 5.97 Å². The number of carbonyl (C=O) groups excluding carboxylic acids is 4. The van der Waals surface area contributed by atoms with Gasteiger partial charge in [0.1, 0.15) is 6.61 Å². The molecular weight excluding hydrogens is 681 g/mol. The lowest BCUT2D eigenvalue weighted by Crippen LogP contribution is -2.45. The van der Waals surface area contributed by atoms with E-state index < -0.39 is 12.5 Å². The third kappa shape index (κ3) is 7.64. The minimum Gasteiger partial charge on any atom is -0.469 e. The van der Waals surface area contributed by atoms with Crippen molar-refractivity contribution in [2.75, 3.05) is 26.8 Å². The Balaban J connectivity index is 0.927. The van der Waals surface area contributed by atoms with E-state index in [1.807, 2.05) is 37.5 Å². The summed E-state index contributed by atoms with van der Waals surface area (Å²) < 4.78 is 4.90. The van der Waals surface area contributed by atoms with Crippen LogP contribution >= 0.6 is 0 Å². The Bertz CT molecular complexity index is 1640. The van der Waals surface area contributed by atoms with Crippen molar-refractivity contribution in [1.82, 2.24) is 9.80 Å². The van der Waals surface area contributed by atoms with Gasteiger partial charge in [0.2, 0.25) is 11.8 Å². The second-order valence-electron chi connectivity index (χ2n) is 17.4. The van der Waals surface area contributed by atoms with Crippen molar-refractivity contribution in [3.63, 3.8) is 0 Å². The third-order valence-electron chi connectivity index (χ3n) is 13.3. The Morgan fingerprint density at radius 2 is 1.15 bits per heavy atom. The number of ether oxygens (including phenoxy) is 1. The van der Waals surface area contributed by atoms with Gasteiger partial charge in [-0.15, -0.1) is 0 Å². The highest BCUT2D eigenvalue weighted by atomic mass is 16.5. The normalized spacial score (nSPS) is 23.8. The Labute approximate surface area is 320 Å². The molecule has 2 aliphatic carbocycles. The van der Waals surface area contributed by atoms with Gasteiger partial charge in [-0.3, -0.25) is 29.2 Å². The monoisotopic (exact) mass is 738 g/mol. The Morgan fingerprint density at radius 3 is 1.54 bits per heavy atom. The fraction of sp³-hybridized carbons (Fsp3) is 0.636. The van der Waals surface area contributed by atoms with Crippen molar-refractivity contribution >= 4 is 35.0 Å². The van der Waals surface area contributed by atoms with Crippen molar-refractivity contribution in [2.24, 2.45) is 45.5 Å². The van der Waals surface area contributed by atoms with E-state index in [-0.39, 0.29) is 66.2 Å². The quantitative estimate of drug-likeness (QED) is 0.262. The second-order valence-corrected chi connectivity index (χ2v) is 17.4. The molecule has 0 saturated carbocycles. The number of aliphatic hydroxyl groups excluding tert-OH is 1. The number of aliphatic imine (C=N–C) groups is 2. The third-order valence-corrected chi connectivity index (χ3v) is 13.3. The summed E-state index contributed by atoms with van der Waals surface area (Å²) in [6.07, 6.45) is 13.7. The van der Waals surface area contributed by atoms with Gasteiger partial charge in [-0.2, -0.15) is 0 Å². The molecule has 4 aliphatic heterocycles. The molecule has 0 radical (unpaired) electrons. The summed E-state index contributed by atoms with van der Waals surface area (Å²) in [6, 6.07) is 4.90. The van der Waals surface area contributed by atoms with Gasteiger partial charge in [0.15, 0.2) is 5.78 Å². The number of aliphatic hydroxyl groups is 1. The molecular formula is C44H58N4O6. The number of nitrogens with zero attached hydrogens (tertiary/aromatic N) is 4. The number of allylic oxidation sites excluding steroid dienone is 2. The number of amides is 2. The Kier molecular flexibility index (Phi) is 11.4. The number of hydrogen-bond donors (Lipinski definition) is 1. The van der Waals surface area contributed by atoms with E-state index in [9.17, 15) is 24.3 Å². The van der Waals surface area contributed by atoms with Crippen molar-refractivity contribution < 1.29 is 29.0 Å². The van der Waals surface area contributed by atoms with Crippen LogP contribution in [0.4, 0.5) is 0 Å². The summed E-state index contributed by atoms with van der Waals surface area (Å²) in [6.45, 7) is 8.83. The average molecular weight is 739 g/mol. The zero-order valence-electron chi connectivity index (χ0n) is 32.8. The molecule has 1 aromatic rings. The van der Waals surface area contributed by atoms with Crippen LogP contribution < -0.4 is 0 Å².